The largest absolute Gasteiger partial charge is 0.490 e. The average molecular weight is 514 g/mol. The Bertz CT molecular complexity index is 1100. The first-order chi connectivity index (χ1) is 17.9. The van der Waals surface area contributed by atoms with Crippen molar-refractivity contribution in [2.45, 2.75) is 34.6 Å². The monoisotopic (exact) mass is 513 g/mol. The molecule has 10 nitrogen and oxygen atoms in total. The first kappa shape index (κ1) is 27.6. The molecule has 0 saturated carbocycles. The highest BCUT2D eigenvalue weighted by atomic mass is 16.5. The van der Waals surface area contributed by atoms with Crippen LogP contribution in [-0.4, -0.2) is 68.7 Å². The molecule has 0 unspecified atom stereocenters. The zero-order valence-corrected chi connectivity index (χ0v) is 22.1. The standard InChI is InChI=1S/C27H35N3O7/c1-6-29(7-2)24(31)16-30-20-15-19(11-12-21(20)37-17-25(30)32)28-27(33)18-13-22(34-8-3)26(36-10-5)23(14-18)35-9-4/h11-15H,6-10,16-17H2,1-5H3,(H,28,33). The number of anilines is 2. The molecule has 0 saturated heterocycles. The molecule has 37 heavy (non-hydrogen) atoms. The molecule has 1 aliphatic heterocycles. The summed E-state index contributed by atoms with van der Waals surface area (Å²) in [5.41, 5.74) is 1.17. The van der Waals surface area contributed by atoms with Gasteiger partial charge in [-0.3, -0.25) is 19.3 Å². The highest BCUT2D eigenvalue weighted by Gasteiger charge is 2.29. The maximum atomic E-state index is 13.2. The molecule has 3 amide bonds. The number of nitrogens with one attached hydrogen (secondary N) is 1. The zero-order valence-electron chi connectivity index (χ0n) is 22.1. The van der Waals surface area contributed by atoms with Crippen LogP contribution in [0.1, 0.15) is 45.0 Å². The molecule has 2 aromatic rings. The van der Waals surface area contributed by atoms with E-state index in [-0.39, 0.29) is 25.0 Å². The molecule has 3 rings (SSSR count). The second-order valence-corrected chi connectivity index (χ2v) is 8.07. The number of hydrogen-bond donors (Lipinski definition) is 1. The number of ether oxygens (including phenoxy) is 4. The maximum absolute atomic E-state index is 13.2. The number of rotatable bonds is 12. The second kappa shape index (κ2) is 12.8. The number of carbonyl (C=O) groups excluding carboxylic acids is 3. The van der Waals surface area contributed by atoms with E-state index in [1.807, 2.05) is 34.6 Å². The minimum Gasteiger partial charge on any atom is -0.490 e. The Morgan fingerprint density at radius 2 is 1.57 bits per heavy atom. The van der Waals surface area contributed by atoms with Crippen LogP contribution >= 0.6 is 0 Å². The summed E-state index contributed by atoms with van der Waals surface area (Å²) in [6.45, 7) is 11.3. The van der Waals surface area contributed by atoms with Crippen LogP contribution in [0.2, 0.25) is 0 Å². The van der Waals surface area contributed by atoms with Gasteiger partial charge in [-0.05, 0) is 65.0 Å². The number of likely N-dealkylation sites (N-methyl/N-ethyl adjacent to an activating group) is 1. The summed E-state index contributed by atoms with van der Waals surface area (Å²) in [5.74, 6) is 0.826. The highest BCUT2D eigenvalue weighted by molar-refractivity contribution is 6.07. The third kappa shape index (κ3) is 6.44. The van der Waals surface area contributed by atoms with Crippen LogP contribution in [-0.2, 0) is 9.59 Å². The molecule has 0 aliphatic carbocycles. The van der Waals surface area contributed by atoms with Crippen molar-refractivity contribution in [3.63, 3.8) is 0 Å². The molecule has 0 radical (unpaired) electrons. The smallest absolute Gasteiger partial charge is 0.265 e. The van der Waals surface area contributed by atoms with E-state index in [0.717, 1.165) is 0 Å². The van der Waals surface area contributed by atoms with Gasteiger partial charge < -0.3 is 29.2 Å². The summed E-state index contributed by atoms with van der Waals surface area (Å²) in [6, 6.07) is 8.18. The Morgan fingerprint density at radius 1 is 0.946 bits per heavy atom. The second-order valence-electron chi connectivity index (χ2n) is 8.07. The minimum absolute atomic E-state index is 0.109. The van der Waals surface area contributed by atoms with E-state index in [4.69, 9.17) is 18.9 Å². The fourth-order valence-electron chi connectivity index (χ4n) is 3.99. The van der Waals surface area contributed by atoms with Crippen molar-refractivity contribution in [3.05, 3.63) is 35.9 Å². The van der Waals surface area contributed by atoms with Crippen molar-refractivity contribution < 1.29 is 33.3 Å². The lowest BCUT2D eigenvalue weighted by Crippen LogP contribution is -2.46. The maximum Gasteiger partial charge on any atom is 0.265 e. The summed E-state index contributed by atoms with van der Waals surface area (Å²) in [5, 5.41) is 2.85. The topological polar surface area (TPSA) is 107 Å². The van der Waals surface area contributed by atoms with Gasteiger partial charge in [0.05, 0.1) is 25.5 Å². The molecule has 2 aromatic carbocycles. The number of hydrogen-bond acceptors (Lipinski definition) is 7. The molecule has 0 aromatic heterocycles. The van der Waals surface area contributed by atoms with Gasteiger partial charge in [0.2, 0.25) is 11.7 Å². The normalized spacial score (nSPS) is 12.4. The van der Waals surface area contributed by atoms with Crippen LogP contribution in [0.4, 0.5) is 11.4 Å². The Balaban J connectivity index is 1.90. The molecule has 0 fully saturated rings. The van der Waals surface area contributed by atoms with Crippen molar-refractivity contribution in [3.8, 4) is 23.0 Å². The first-order valence-corrected chi connectivity index (χ1v) is 12.6. The SMILES string of the molecule is CCOc1cc(C(=O)Nc2ccc3c(c2)N(CC(=O)N(CC)CC)C(=O)CO3)cc(OCC)c1OCC. The third-order valence-corrected chi connectivity index (χ3v) is 5.74. The van der Waals surface area contributed by atoms with Crippen LogP contribution < -0.4 is 29.2 Å². The summed E-state index contributed by atoms with van der Waals surface area (Å²) in [4.78, 5) is 41.6. The van der Waals surface area contributed by atoms with E-state index in [0.29, 0.717) is 72.8 Å². The molecule has 200 valence electrons. The van der Waals surface area contributed by atoms with Crippen molar-refractivity contribution in [2.24, 2.45) is 0 Å². The van der Waals surface area contributed by atoms with E-state index >= 15 is 0 Å². The molecule has 10 heteroatoms. The van der Waals surface area contributed by atoms with Gasteiger partial charge in [0.25, 0.3) is 11.8 Å². The van der Waals surface area contributed by atoms with Gasteiger partial charge in [-0.25, -0.2) is 0 Å². The fourth-order valence-corrected chi connectivity index (χ4v) is 3.99. The lowest BCUT2D eigenvalue weighted by atomic mass is 10.1. The van der Waals surface area contributed by atoms with Crippen LogP contribution in [0, 0.1) is 0 Å². The number of nitrogens with zero attached hydrogens (tertiary/aromatic N) is 2. The predicted molar refractivity (Wildman–Crippen MR) is 140 cm³/mol. The highest BCUT2D eigenvalue weighted by Crippen LogP contribution is 2.40. The van der Waals surface area contributed by atoms with Gasteiger partial charge in [-0.15, -0.1) is 0 Å². The summed E-state index contributed by atoms with van der Waals surface area (Å²) in [7, 11) is 0. The van der Waals surface area contributed by atoms with Gasteiger partial charge in [0.15, 0.2) is 18.1 Å². The van der Waals surface area contributed by atoms with E-state index in [2.05, 4.69) is 5.32 Å². The zero-order chi connectivity index (χ0) is 26.9. The molecular formula is C27H35N3O7. The molecule has 0 atom stereocenters. The summed E-state index contributed by atoms with van der Waals surface area (Å²) < 4.78 is 22.7. The Kier molecular flexibility index (Phi) is 9.59. The molecule has 1 heterocycles. The quantitative estimate of drug-likeness (QED) is 0.461. The average Bonchev–Trinajstić information content (AvgIpc) is 2.88. The number of fused-ring (bicyclic) bond motifs is 1. The van der Waals surface area contributed by atoms with Gasteiger partial charge in [0, 0.05) is 24.3 Å². The van der Waals surface area contributed by atoms with E-state index < -0.39 is 5.91 Å². The third-order valence-electron chi connectivity index (χ3n) is 5.74. The van der Waals surface area contributed by atoms with Crippen molar-refractivity contribution in [1.29, 1.82) is 0 Å². The molecule has 0 bridgehead atoms. The van der Waals surface area contributed by atoms with Crippen LogP contribution in [0.25, 0.3) is 0 Å². The molecule has 1 aliphatic rings. The number of benzene rings is 2. The van der Waals surface area contributed by atoms with E-state index in [1.165, 1.54) is 4.90 Å². The first-order valence-electron chi connectivity index (χ1n) is 12.6. The van der Waals surface area contributed by atoms with Crippen LogP contribution in [0.3, 0.4) is 0 Å². The van der Waals surface area contributed by atoms with Crippen molar-refractivity contribution in [1.82, 2.24) is 4.90 Å². The summed E-state index contributed by atoms with van der Waals surface area (Å²) >= 11 is 0. The summed E-state index contributed by atoms with van der Waals surface area (Å²) in [6.07, 6.45) is 0. The van der Waals surface area contributed by atoms with Crippen molar-refractivity contribution >= 4 is 29.1 Å². The van der Waals surface area contributed by atoms with Gasteiger partial charge >= 0.3 is 0 Å². The lowest BCUT2D eigenvalue weighted by molar-refractivity contribution is -0.131. The molecule has 1 N–H and O–H groups in total. The minimum atomic E-state index is -0.404. The van der Waals surface area contributed by atoms with Crippen molar-refractivity contribution in [2.75, 3.05) is 56.3 Å². The van der Waals surface area contributed by atoms with Gasteiger partial charge in [-0.1, -0.05) is 0 Å². The Morgan fingerprint density at radius 3 is 2.14 bits per heavy atom. The van der Waals surface area contributed by atoms with Crippen LogP contribution in [0.5, 0.6) is 23.0 Å². The molecule has 0 spiro atoms. The van der Waals surface area contributed by atoms with E-state index in [1.54, 1.807) is 35.2 Å². The van der Waals surface area contributed by atoms with Crippen LogP contribution in [0.15, 0.2) is 30.3 Å². The lowest BCUT2D eigenvalue weighted by Gasteiger charge is -2.31. The van der Waals surface area contributed by atoms with Gasteiger partial charge in [0.1, 0.15) is 12.3 Å². The number of amides is 3. The predicted octanol–water partition coefficient (Wildman–Crippen LogP) is 3.73. The Hall–Kier alpha value is -3.95. The van der Waals surface area contributed by atoms with Gasteiger partial charge in [-0.2, -0.15) is 0 Å². The fraction of sp³-hybridized carbons (Fsp3) is 0.444. The molecular weight excluding hydrogens is 478 g/mol. The van der Waals surface area contributed by atoms with E-state index in [9.17, 15) is 14.4 Å². The number of carbonyl (C=O) groups is 3. The Labute approximate surface area is 217 Å².